The summed E-state index contributed by atoms with van der Waals surface area (Å²) in [5.41, 5.74) is 2.30. The van der Waals surface area contributed by atoms with Crippen LogP contribution in [0.1, 0.15) is 5.56 Å². The Labute approximate surface area is 164 Å². The van der Waals surface area contributed by atoms with Crippen LogP contribution in [0.4, 0.5) is 0 Å². The fourth-order valence-electron chi connectivity index (χ4n) is 3.12. The van der Waals surface area contributed by atoms with Gasteiger partial charge >= 0.3 is 0 Å². The van der Waals surface area contributed by atoms with Gasteiger partial charge in [0.15, 0.2) is 0 Å². The number of aromatic nitrogens is 2. The van der Waals surface area contributed by atoms with Gasteiger partial charge < -0.3 is 0 Å². The standard InChI is InChI=1S/C17H17BrN4O2S2/c18-14-5-2-1-4-13(14)12-21-8-10-22(11-9-21)26(23,24)16-7-3-6-15-17(16)20-25-19-15/h1-7H,8-12H2. The van der Waals surface area contributed by atoms with Crippen molar-refractivity contribution in [3.8, 4) is 0 Å². The molecular weight excluding hydrogens is 436 g/mol. The SMILES string of the molecule is O=S(=O)(c1cccc2nsnc12)N1CCN(Cc2ccccc2Br)CC1. The molecule has 0 saturated carbocycles. The van der Waals surface area contributed by atoms with E-state index in [4.69, 9.17) is 0 Å². The van der Waals surface area contributed by atoms with Crippen LogP contribution >= 0.6 is 27.7 Å². The molecule has 6 nitrogen and oxygen atoms in total. The summed E-state index contributed by atoms with van der Waals surface area (Å²) in [4.78, 5) is 2.53. The summed E-state index contributed by atoms with van der Waals surface area (Å²) < 4.78 is 37.1. The Morgan fingerprint density at radius 3 is 2.54 bits per heavy atom. The molecule has 1 fully saturated rings. The van der Waals surface area contributed by atoms with E-state index in [1.165, 1.54) is 5.56 Å². The lowest BCUT2D eigenvalue weighted by Crippen LogP contribution is -2.48. The van der Waals surface area contributed by atoms with Crippen LogP contribution in [0.15, 0.2) is 51.8 Å². The number of benzene rings is 2. The highest BCUT2D eigenvalue weighted by Gasteiger charge is 2.30. The molecule has 1 aliphatic heterocycles. The highest BCUT2D eigenvalue weighted by atomic mass is 79.9. The Balaban J connectivity index is 1.49. The zero-order valence-corrected chi connectivity index (χ0v) is 17.1. The summed E-state index contributed by atoms with van der Waals surface area (Å²) >= 11 is 4.61. The van der Waals surface area contributed by atoms with Gasteiger partial charge in [0.2, 0.25) is 10.0 Å². The maximum Gasteiger partial charge on any atom is 0.245 e. The minimum atomic E-state index is -3.56. The number of halogens is 1. The molecule has 1 aliphatic rings. The van der Waals surface area contributed by atoms with Crippen LogP contribution in [0.3, 0.4) is 0 Å². The normalized spacial score (nSPS) is 17.0. The number of hydrogen-bond acceptors (Lipinski definition) is 6. The molecule has 1 saturated heterocycles. The summed E-state index contributed by atoms with van der Waals surface area (Å²) in [6, 6.07) is 13.2. The molecule has 4 rings (SSSR count). The van der Waals surface area contributed by atoms with Crippen LogP contribution < -0.4 is 0 Å². The maximum absolute atomic E-state index is 13.1. The van der Waals surface area contributed by atoms with Crippen molar-refractivity contribution in [1.29, 1.82) is 0 Å². The minimum absolute atomic E-state index is 0.253. The van der Waals surface area contributed by atoms with Crippen LogP contribution in [0.5, 0.6) is 0 Å². The average Bonchev–Trinajstić information content (AvgIpc) is 3.13. The molecule has 0 amide bonds. The zero-order chi connectivity index (χ0) is 18.1. The first-order valence-corrected chi connectivity index (χ1v) is 11.2. The second-order valence-corrected chi connectivity index (χ2v) is 9.45. The van der Waals surface area contributed by atoms with Crippen LogP contribution in [0, 0.1) is 0 Å². The molecule has 9 heteroatoms. The predicted octanol–water partition coefficient (Wildman–Crippen LogP) is 2.96. The molecule has 0 unspecified atom stereocenters. The van der Waals surface area contributed by atoms with Gasteiger partial charge in [-0.1, -0.05) is 40.2 Å². The second-order valence-electron chi connectivity index (χ2n) is 6.16. The van der Waals surface area contributed by atoms with E-state index in [9.17, 15) is 8.42 Å². The van der Waals surface area contributed by atoms with Gasteiger partial charge in [0.1, 0.15) is 15.9 Å². The van der Waals surface area contributed by atoms with Crippen molar-refractivity contribution < 1.29 is 8.42 Å². The van der Waals surface area contributed by atoms with Crippen molar-refractivity contribution in [3.63, 3.8) is 0 Å². The minimum Gasteiger partial charge on any atom is -0.296 e. The fourth-order valence-corrected chi connectivity index (χ4v) is 5.71. The molecular formula is C17H17BrN4O2S2. The van der Waals surface area contributed by atoms with E-state index in [0.29, 0.717) is 37.2 Å². The number of piperazine rings is 1. The van der Waals surface area contributed by atoms with Gasteiger partial charge in [-0.15, -0.1) is 0 Å². The van der Waals surface area contributed by atoms with Gasteiger partial charge in [0, 0.05) is 37.2 Å². The second kappa shape index (κ2) is 7.32. The molecule has 136 valence electrons. The molecule has 3 aromatic rings. The smallest absolute Gasteiger partial charge is 0.245 e. The molecule has 2 heterocycles. The summed E-state index contributed by atoms with van der Waals surface area (Å²) in [5, 5.41) is 0. The first kappa shape index (κ1) is 18.0. The lowest BCUT2D eigenvalue weighted by atomic mass is 10.2. The largest absolute Gasteiger partial charge is 0.296 e. The first-order valence-electron chi connectivity index (χ1n) is 8.23. The van der Waals surface area contributed by atoms with Gasteiger partial charge in [0.25, 0.3) is 0 Å². The monoisotopic (exact) mass is 452 g/mol. The fraction of sp³-hybridized carbons (Fsp3) is 0.294. The summed E-state index contributed by atoms with van der Waals surface area (Å²) in [6.07, 6.45) is 0. The van der Waals surface area contributed by atoms with E-state index in [0.717, 1.165) is 22.7 Å². The Kier molecular flexibility index (Phi) is 5.07. The lowest BCUT2D eigenvalue weighted by molar-refractivity contribution is 0.181. The number of nitrogens with zero attached hydrogens (tertiary/aromatic N) is 4. The number of sulfonamides is 1. The Morgan fingerprint density at radius 2 is 1.77 bits per heavy atom. The van der Waals surface area contributed by atoms with Gasteiger partial charge in [-0.05, 0) is 23.8 Å². The molecule has 2 aromatic carbocycles. The number of hydrogen-bond donors (Lipinski definition) is 0. The highest BCUT2D eigenvalue weighted by Crippen LogP contribution is 2.26. The third-order valence-corrected chi connectivity index (χ3v) is 7.80. The quantitative estimate of drug-likeness (QED) is 0.608. The van der Waals surface area contributed by atoms with Gasteiger partial charge in [-0.3, -0.25) is 4.90 Å². The lowest BCUT2D eigenvalue weighted by Gasteiger charge is -2.34. The Morgan fingerprint density at radius 1 is 1.00 bits per heavy atom. The Hall–Kier alpha value is -1.39. The summed E-state index contributed by atoms with van der Waals surface area (Å²) in [6.45, 7) is 3.15. The summed E-state index contributed by atoms with van der Waals surface area (Å²) in [5.74, 6) is 0. The van der Waals surface area contributed by atoms with Crippen molar-refractivity contribution in [2.45, 2.75) is 11.4 Å². The molecule has 0 atom stereocenters. The molecule has 1 aromatic heterocycles. The van der Waals surface area contributed by atoms with Crippen LogP contribution in [0.2, 0.25) is 0 Å². The topological polar surface area (TPSA) is 66.4 Å². The number of fused-ring (bicyclic) bond motifs is 1. The van der Waals surface area contributed by atoms with E-state index in [1.54, 1.807) is 22.5 Å². The molecule has 0 bridgehead atoms. The molecule has 0 aliphatic carbocycles. The van der Waals surface area contributed by atoms with Crippen molar-refractivity contribution in [2.75, 3.05) is 26.2 Å². The van der Waals surface area contributed by atoms with E-state index < -0.39 is 10.0 Å². The van der Waals surface area contributed by atoms with Crippen molar-refractivity contribution in [2.24, 2.45) is 0 Å². The van der Waals surface area contributed by atoms with Crippen LogP contribution in [-0.4, -0.2) is 52.5 Å². The third-order valence-electron chi connectivity index (χ3n) is 4.55. The number of rotatable bonds is 4. The first-order chi connectivity index (χ1) is 12.6. The molecule has 26 heavy (non-hydrogen) atoms. The highest BCUT2D eigenvalue weighted by molar-refractivity contribution is 9.10. The van der Waals surface area contributed by atoms with E-state index in [2.05, 4.69) is 35.6 Å². The predicted molar refractivity (Wildman–Crippen MR) is 106 cm³/mol. The Bertz CT molecular complexity index is 1030. The van der Waals surface area contributed by atoms with Gasteiger partial charge in [-0.2, -0.15) is 13.1 Å². The maximum atomic E-state index is 13.1. The molecule has 0 radical (unpaired) electrons. The van der Waals surface area contributed by atoms with Gasteiger partial charge in [-0.25, -0.2) is 8.42 Å². The van der Waals surface area contributed by atoms with Gasteiger partial charge in [0.05, 0.1) is 11.7 Å². The van der Waals surface area contributed by atoms with E-state index in [1.807, 2.05) is 18.2 Å². The van der Waals surface area contributed by atoms with Crippen LogP contribution in [-0.2, 0) is 16.6 Å². The third kappa shape index (κ3) is 3.41. The molecule has 0 spiro atoms. The van der Waals surface area contributed by atoms with E-state index >= 15 is 0 Å². The van der Waals surface area contributed by atoms with Crippen molar-refractivity contribution in [1.82, 2.24) is 18.0 Å². The molecule has 0 N–H and O–H groups in total. The summed E-state index contributed by atoms with van der Waals surface area (Å²) in [7, 11) is -3.56. The van der Waals surface area contributed by atoms with E-state index in [-0.39, 0.29) is 4.90 Å². The zero-order valence-electron chi connectivity index (χ0n) is 13.9. The van der Waals surface area contributed by atoms with Crippen molar-refractivity contribution >= 4 is 48.7 Å². The van der Waals surface area contributed by atoms with Crippen LogP contribution in [0.25, 0.3) is 11.0 Å². The average molecular weight is 453 g/mol. The van der Waals surface area contributed by atoms with Crippen molar-refractivity contribution in [3.05, 3.63) is 52.5 Å².